The van der Waals surface area contributed by atoms with E-state index < -0.39 is 0 Å². The van der Waals surface area contributed by atoms with Gasteiger partial charge in [0, 0.05) is 34.1 Å². The molecule has 0 fully saturated rings. The summed E-state index contributed by atoms with van der Waals surface area (Å²) in [7, 11) is 0. The molecule has 4 nitrogen and oxygen atoms in total. The van der Waals surface area contributed by atoms with Crippen molar-refractivity contribution in [1.29, 1.82) is 0 Å². The molecule has 0 atom stereocenters. The van der Waals surface area contributed by atoms with Crippen LogP contribution in [0.1, 0.15) is 91.4 Å². The Labute approximate surface area is 238 Å². The van der Waals surface area contributed by atoms with Crippen molar-refractivity contribution in [3.8, 4) is 23.0 Å². The van der Waals surface area contributed by atoms with Crippen LogP contribution in [0, 0.1) is 55.4 Å². The molecule has 0 heterocycles. The lowest BCUT2D eigenvalue weighted by molar-refractivity contribution is 0.433. The van der Waals surface area contributed by atoms with Crippen molar-refractivity contribution in [1.82, 2.24) is 0 Å². The summed E-state index contributed by atoms with van der Waals surface area (Å²) >= 11 is 0. The maximum atomic E-state index is 11.3. The highest BCUT2D eigenvalue weighted by Crippen LogP contribution is 2.47. The van der Waals surface area contributed by atoms with E-state index in [2.05, 4.69) is 0 Å². The molecule has 4 heteroatoms. The topological polar surface area (TPSA) is 80.9 Å². The van der Waals surface area contributed by atoms with Gasteiger partial charge < -0.3 is 20.4 Å². The molecule has 0 amide bonds. The second-order valence-corrected chi connectivity index (χ2v) is 11.8. The van der Waals surface area contributed by atoms with Gasteiger partial charge in [0.1, 0.15) is 23.0 Å². The van der Waals surface area contributed by atoms with Crippen molar-refractivity contribution in [2.75, 3.05) is 0 Å². The molecule has 4 aromatic rings. The monoisotopic (exact) mass is 538 g/mol. The molecule has 4 aromatic carbocycles. The minimum absolute atomic E-state index is 0.231. The van der Waals surface area contributed by atoms with Gasteiger partial charge >= 0.3 is 0 Å². The zero-order valence-electron chi connectivity index (χ0n) is 25.0. The SMILES string of the molecule is Cc1cc(C)c(O)c(C(CCC(c2cc(C)cc(C)c2O)c2cc(C)cc(C)c2O)c2cc(C)cc(C)c2O)c1. The van der Waals surface area contributed by atoms with E-state index in [0.29, 0.717) is 12.8 Å². The van der Waals surface area contributed by atoms with Crippen LogP contribution in [0.5, 0.6) is 23.0 Å². The molecule has 0 spiro atoms. The first kappa shape index (κ1) is 29.1. The fourth-order valence-corrected chi connectivity index (χ4v) is 6.32. The van der Waals surface area contributed by atoms with Crippen LogP contribution in [0.3, 0.4) is 0 Å². The Morgan fingerprint density at radius 3 is 0.775 bits per heavy atom. The molecular formula is C36H42O4. The quantitative estimate of drug-likeness (QED) is 0.190. The number of rotatable bonds is 7. The highest BCUT2D eigenvalue weighted by atomic mass is 16.3. The molecule has 0 saturated carbocycles. The molecule has 0 aliphatic carbocycles. The van der Waals surface area contributed by atoms with Gasteiger partial charge in [-0.05, 0) is 90.5 Å². The second-order valence-electron chi connectivity index (χ2n) is 11.8. The van der Waals surface area contributed by atoms with Gasteiger partial charge in [-0.2, -0.15) is 0 Å². The third kappa shape index (κ3) is 5.67. The molecule has 0 aliphatic heterocycles. The van der Waals surface area contributed by atoms with E-state index in [4.69, 9.17) is 0 Å². The number of phenolic OH excluding ortho intramolecular Hbond substituents is 4. The van der Waals surface area contributed by atoms with E-state index in [1.807, 2.05) is 104 Å². The summed E-state index contributed by atoms with van der Waals surface area (Å²) < 4.78 is 0. The number of benzene rings is 4. The average molecular weight is 539 g/mol. The minimum atomic E-state index is -0.305. The fourth-order valence-electron chi connectivity index (χ4n) is 6.32. The highest BCUT2D eigenvalue weighted by molar-refractivity contribution is 5.55. The van der Waals surface area contributed by atoms with Crippen molar-refractivity contribution >= 4 is 0 Å². The summed E-state index contributed by atoms with van der Waals surface area (Å²) in [5.41, 5.74) is 10.4. The largest absolute Gasteiger partial charge is 0.507 e. The van der Waals surface area contributed by atoms with Crippen molar-refractivity contribution < 1.29 is 20.4 Å². The molecule has 0 saturated heterocycles. The van der Waals surface area contributed by atoms with Gasteiger partial charge in [0.2, 0.25) is 0 Å². The lowest BCUT2D eigenvalue weighted by Gasteiger charge is -2.27. The second kappa shape index (κ2) is 11.3. The van der Waals surface area contributed by atoms with Crippen LogP contribution in [0.2, 0.25) is 0 Å². The zero-order valence-corrected chi connectivity index (χ0v) is 25.0. The van der Waals surface area contributed by atoms with Crippen molar-refractivity contribution in [3.63, 3.8) is 0 Å². The van der Waals surface area contributed by atoms with E-state index in [-0.39, 0.29) is 34.8 Å². The summed E-state index contributed by atoms with van der Waals surface area (Å²) in [5, 5.41) is 45.0. The summed E-state index contributed by atoms with van der Waals surface area (Å²) in [6.45, 7) is 15.6. The minimum Gasteiger partial charge on any atom is -0.507 e. The van der Waals surface area contributed by atoms with Crippen LogP contribution in [-0.2, 0) is 0 Å². The Morgan fingerprint density at radius 2 is 0.575 bits per heavy atom. The van der Waals surface area contributed by atoms with Crippen LogP contribution in [0.4, 0.5) is 0 Å². The number of aromatic hydroxyl groups is 4. The van der Waals surface area contributed by atoms with E-state index in [1.54, 1.807) is 0 Å². The van der Waals surface area contributed by atoms with Gasteiger partial charge in [0.25, 0.3) is 0 Å². The lowest BCUT2D eigenvalue weighted by Crippen LogP contribution is -2.10. The first-order valence-electron chi connectivity index (χ1n) is 14.0. The van der Waals surface area contributed by atoms with Crippen LogP contribution in [-0.4, -0.2) is 20.4 Å². The van der Waals surface area contributed by atoms with Crippen molar-refractivity contribution in [3.05, 3.63) is 115 Å². The molecular weight excluding hydrogens is 496 g/mol. The first-order valence-corrected chi connectivity index (χ1v) is 14.0. The van der Waals surface area contributed by atoms with Gasteiger partial charge in [-0.25, -0.2) is 0 Å². The number of hydrogen-bond donors (Lipinski definition) is 4. The molecule has 0 bridgehead atoms. The number of hydrogen-bond acceptors (Lipinski definition) is 4. The normalized spacial score (nSPS) is 11.6. The lowest BCUT2D eigenvalue weighted by atomic mass is 9.78. The smallest absolute Gasteiger partial charge is 0.122 e. The Kier molecular flexibility index (Phi) is 8.20. The summed E-state index contributed by atoms with van der Waals surface area (Å²) in [5.74, 6) is 0.313. The molecule has 4 N–H and O–H groups in total. The first-order chi connectivity index (χ1) is 18.8. The zero-order chi connectivity index (χ0) is 29.5. The molecule has 0 radical (unpaired) electrons. The third-order valence-corrected chi connectivity index (χ3v) is 8.14. The maximum absolute atomic E-state index is 11.3. The van der Waals surface area contributed by atoms with Crippen LogP contribution >= 0.6 is 0 Å². The van der Waals surface area contributed by atoms with Gasteiger partial charge in [0.15, 0.2) is 0 Å². The molecule has 40 heavy (non-hydrogen) atoms. The van der Waals surface area contributed by atoms with Crippen LogP contribution in [0.15, 0.2) is 48.5 Å². The highest BCUT2D eigenvalue weighted by Gasteiger charge is 2.28. The fraction of sp³-hybridized carbons (Fsp3) is 0.333. The maximum Gasteiger partial charge on any atom is 0.122 e. The Morgan fingerprint density at radius 1 is 0.375 bits per heavy atom. The van der Waals surface area contributed by atoms with Gasteiger partial charge in [-0.15, -0.1) is 0 Å². The molecule has 0 aliphatic rings. The molecule has 0 aromatic heterocycles. The summed E-state index contributed by atoms with van der Waals surface area (Å²) in [4.78, 5) is 0. The molecule has 0 unspecified atom stereocenters. The summed E-state index contributed by atoms with van der Waals surface area (Å²) in [6.07, 6.45) is 1.13. The van der Waals surface area contributed by atoms with E-state index >= 15 is 0 Å². The molecule has 210 valence electrons. The third-order valence-electron chi connectivity index (χ3n) is 8.14. The number of aryl methyl sites for hydroxylation is 8. The Balaban J connectivity index is 1.92. The van der Waals surface area contributed by atoms with Crippen molar-refractivity contribution in [2.24, 2.45) is 0 Å². The van der Waals surface area contributed by atoms with Crippen LogP contribution in [0.25, 0.3) is 0 Å². The number of phenols is 4. The Bertz CT molecular complexity index is 1350. The van der Waals surface area contributed by atoms with Gasteiger partial charge in [-0.3, -0.25) is 0 Å². The predicted molar refractivity (Wildman–Crippen MR) is 163 cm³/mol. The predicted octanol–water partition coefficient (Wildman–Crippen LogP) is 8.72. The average Bonchev–Trinajstić information content (AvgIpc) is 2.87. The Hall–Kier alpha value is -3.92. The van der Waals surface area contributed by atoms with E-state index in [9.17, 15) is 20.4 Å². The van der Waals surface area contributed by atoms with Gasteiger partial charge in [0.05, 0.1) is 0 Å². The molecule has 4 rings (SSSR count). The van der Waals surface area contributed by atoms with Gasteiger partial charge in [-0.1, -0.05) is 70.8 Å². The standard InChI is InChI=1S/C36H42O4/c1-19-11-23(5)33(37)29(15-19)27(30-16-20(2)12-24(6)34(30)38)9-10-28(31-17-21(3)13-25(7)35(31)39)32-18-22(4)14-26(8)36(32)40/h11-18,27-28,37-40H,9-10H2,1-8H3. The van der Waals surface area contributed by atoms with Crippen molar-refractivity contribution in [2.45, 2.75) is 80.1 Å². The van der Waals surface area contributed by atoms with E-state index in [0.717, 1.165) is 66.8 Å². The van der Waals surface area contributed by atoms with Crippen LogP contribution < -0.4 is 0 Å². The summed E-state index contributed by atoms with van der Waals surface area (Å²) in [6, 6.07) is 15.8. The van der Waals surface area contributed by atoms with E-state index in [1.165, 1.54) is 0 Å².